The van der Waals surface area contributed by atoms with E-state index in [1.165, 1.54) is 11.2 Å². The first-order valence-corrected chi connectivity index (χ1v) is 3.70. The summed E-state index contributed by atoms with van der Waals surface area (Å²) in [4.78, 5) is 0. The minimum Gasteiger partial charge on any atom is -0.254 e. The number of pyridine rings is 1. The van der Waals surface area contributed by atoms with Crippen LogP contribution in [0.25, 0.3) is 5.52 Å². The maximum absolute atomic E-state index is 2.17. The Labute approximate surface area is 85.2 Å². The van der Waals surface area contributed by atoms with Gasteiger partial charge in [0.1, 0.15) is 11.9 Å². The third-order valence-electron chi connectivity index (χ3n) is 1.90. The van der Waals surface area contributed by atoms with Crippen LogP contribution in [-0.2, 0) is 27.2 Å². The molecular formula is C9H11IrN2+. The number of hydrogen-bond acceptors (Lipinski definition) is 0. The molecule has 0 spiro atoms. The second kappa shape index (κ2) is 3.38. The van der Waals surface area contributed by atoms with E-state index in [0.717, 1.165) is 0 Å². The summed E-state index contributed by atoms with van der Waals surface area (Å²) in [6.45, 7) is 2.10. The number of hydrogen-bond donors (Lipinski definition) is 0. The summed E-state index contributed by atoms with van der Waals surface area (Å²) in [6.07, 6.45) is 4.18. The number of fused-ring (bicyclic) bond motifs is 1. The van der Waals surface area contributed by atoms with Crippen molar-refractivity contribution in [3.8, 4) is 0 Å². The fourth-order valence-corrected chi connectivity index (χ4v) is 1.34. The van der Waals surface area contributed by atoms with Gasteiger partial charge in [-0.2, -0.15) is 4.40 Å². The zero-order valence-electron chi connectivity index (χ0n) is 7.11. The predicted molar refractivity (Wildman–Crippen MR) is 45.5 cm³/mol. The fourth-order valence-electron chi connectivity index (χ4n) is 1.34. The van der Waals surface area contributed by atoms with Crippen molar-refractivity contribution in [3.63, 3.8) is 0 Å². The standard InChI is InChI=1S/C9H11N2.Ir/c1-8-4-3-5-9-6-10(2)7-11(8)9;/h3-7H,1-2H3;/q+1;. The molecule has 2 heterocycles. The second-order valence-corrected chi connectivity index (χ2v) is 2.87. The quantitative estimate of drug-likeness (QED) is 0.648. The molecule has 2 aromatic rings. The zero-order valence-corrected chi connectivity index (χ0v) is 9.51. The number of nitrogens with zero attached hydrogens (tertiary/aromatic N) is 2. The van der Waals surface area contributed by atoms with E-state index in [4.69, 9.17) is 0 Å². The van der Waals surface area contributed by atoms with Crippen LogP contribution in [0.4, 0.5) is 0 Å². The van der Waals surface area contributed by atoms with Crippen LogP contribution in [0.2, 0.25) is 0 Å². The molecule has 0 amide bonds. The first kappa shape index (κ1) is 9.43. The molecule has 65 valence electrons. The van der Waals surface area contributed by atoms with Crippen LogP contribution in [0.3, 0.4) is 0 Å². The smallest absolute Gasteiger partial charge is 0.183 e. The molecule has 0 aliphatic rings. The minimum atomic E-state index is 0. The first-order chi connectivity index (χ1) is 5.27. The van der Waals surface area contributed by atoms with Crippen LogP contribution in [-0.4, -0.2) is 8.97 Å². The van der Waals surface area contributed by atoms with Gasteiger partial charge in [0, 0.05) is 46.2 Å². The van der Waals surface area contributed by atoms with Gasteiger partial charge < -0.3 is 0 Å². The van der Waals surface area contributed by atoms with Gasteiger partial charge in [0.2, 0.25) is 0 Å². The summed E-state index contributed by atoms with van der Waals surface area (Å²) in [5.74, 6) is 0. The van der Waals surface area contributed by atoms with Gasteiger partial charge in [-0.25, -0.2) is 0 Å². The topological polar surface area (TPSA) is 9.34 Å². The van der Waals surface area contributed by atoms with E-state index >= 15 is 0 Å². The summed E-state index contributed by atoms with van der Waals surface area (Å²) in [5, 5.41) is 0. The Hall–Kier alpha value is -0.661. The van der Waals surface area contributed by atoms with Crippen molar-refractivity contribution in [1.29, 1.82) is 0 Å². The van der Waals surface area contributed by atoms with Crippen LogP contribution in [0, 0.1) is 6.92 Å². The maximum atomic E-state index is 2.17. The molecule has 0 aliphatic heterocycles. The molecular weight excluding hydrogens is 328 g/mol. The average Bonchev–Trinajstić information content (AvgIpc) is 2.31. The van der Waals surface area contributed by atoms with Crippen LogP contribution in [0.5, 0.6) is 0 Å². The number of rotatable bonds is 0. The summed E-state index contributed by atoms with van der Waals surface area (Å²) in [6, 6.07) is 6.28. The van der Waals surface area contributed by atoms with Gasteiger partial charge in [0.15, 0.2) is 11.8 Å². The number of imidazole rings is 1. The molecule has 0 saturated carbocycles. The Morgan fingerprint density at radius 3 is 2.75 bits per heavy atom. The Balaban J connectivity index is 0.000000720. The van der Waals surface area contributed by atoms with Crippen LogP contribution >= 0.6 is 0 Å². The maximum Gasteiger partial charge on any atom is 0.183 e. The molecule has 2 nitrogen and oxygen atoms in total. The van der Waals surface area contributed by atoms with Crippen molar-refractivity contribution in [1.82, 2.24) is 8.97 Å². The molecule has 0 fully saturated rings. The largest absolute Gasteiger partial charge is 0.254 e. The molecule has 0 saturated heterocycles. The van der Waals surface area contributed by atoms with Gasteiger partial charge in [0.05, 0.1) is 0 Å². The number of aryl methyl sites for hydroxylation is 2. The van der Waals surface area contributed by atoms with Crippen molar-refractivity contribution < 1.29 is 20.1 Å². The van der Waals surface area contributed by atoms with E-state index in [1.54, 1.807) is 0 Å². The SMILES string of the molecule is Cc1cccc2cn(C)[cH+]n12.[Ir]. The van der Waals surface area contributed by atoms with Crippen molar-refractivity contribution in [2.75, 3.05) is 0 Å². The van der Waals surface area contributed by atoms with Crippen molar-refractivity contribution in [3.05, 3.63) is 36.4 Å². The Kier molecular flexibility index (Phi) is 2.65. The summed E-state index contributed by atoms with van der Waals surface area (Å²) >= 11 is 0. The molecule has 0 atom stereocenters. The molecule has 0 bridgehead atoms. The first-order valence-electron chi connectivity index (χ1n) is 3.70. The third kappa shape index (κ3) is 1.43. The van der Waals surface area contributed by atoms with E-state index in [2.05, 4.69) is 46.6 Å². The zero-order chi connectivity index (χ0) is 7.84. The van der Waals surface area contributed by atoms with Crippen LogP contribution in [0.15, 0.2) is 30.7 Å². The Morgan fingerprint density at radius 1 is 1.33 bits per heavy atom. The van der Waals surface area contributed by atoms with E-state index in [1.807, 2.05) is 7.05 Å². The molecule has 2 rings (SSSR count). The predicted octanol–water partition coefficient (Wildman–Crippen LogP) is 1.86. The van der Waals surface area contributed by atoms with Crippen LogP contribution in [0.1, 0.15) is 5.69 Å². The normalized spacial score (nSPS) is 9.83. The van der Waals surface area contributed by atoms with E-state index < -0.39 is 0 Å². The van der Waals surface area contributed by atoms with Crippen molar-refractivity contribution in [2.45, 2.75) is 6.92 Å². The van der Waals surface area contributed by atoms with E-state index in [9.17, 15) is 0 Å². The summed E-state index contributed by atoms with van der Waals surface area (Å²) < 4.78 is 4.22. The van der Waals surface area contributed by atoms with Crippen molar-refractivity contribution in [2.24, 2.45) is 7.05 Å². The minimum absolute atomic E-state index is 0. The average molecular weight is 339 g/mol. The molecule has 12 heavy (non-hydrogen) atoms. The Morgan fingerprint density at radius 2 is 2.08 bits per heavy atom. The summed E-state index contributed by atoms with van der Waals surface area (Å²) in [7, 11) is 2.03. The molecule has 0 unspecified atom stereocenters. The van der Waals surface area contributed by atoms with Gasteiger partial charge in [-0.1, -0.05) is 0 Å². The summed E-state index contributed by atoms with van der Waals surface area (Å²) in [5.41, 5.74) is 2.51. The van der Waals surface area contributed by atoms with Gasteiger partial charge in [-0.3, -0.25) is 4.57 Å². The Bertz CT molecular complexity index is 392. The van der Waals surface area contributed by atoms with Crippen molar-refractivity contribution >= 4 is 5.52 Å². The molecule has 0 aromatic carbocycles. The van der Waals surface area contributed by atoms with Gasteiger partial charge in [0.25, 0.3) is 0 Å². The third-order valence-corrected chi connectivity index (χ3v) is 1.90. The van der Waals surface area contributed by atoms with E-state index in [0.29, 0.717) is 0 Å². The molecule has 3 heteroatoms. The van der Waals surface area contributed by atoms with Gasteiger partial charge in [-0.05, 0) is 6.07 Å². The molecule has 2 aromatic heterocycles. The molecule has 1 radical (unpaired) electrons. The van der Waals surface area contributed by atoms with Gasteiger partial charge in [-0.15, -0.1) is 0 Å². The van der Waals surface area contributed by atoms with Crippen LogP contribution < -0.4 is 0 Å². The number of aromatic nitrogens is 2. The molecule has 0 aliphatic carbocycles. The second-order valence-electron chi connectivity index (χ2n) is 2.87. The van der Waals surface area contributed by atoms with E-state index in [-0.39, 0.29) is 20.1 Å². The van der Waals surface area contributed by atoms with Gasteiger partial charge >= 0.3 is 0 Å². The molecule has 0 N–H and O–H groups in total. The monoisotopic (exact) mass is 340 g/mol. The fraction of sp³-hybridized carbons (Fsp3) is 0.222.